The molecule has 1 rings (SSSR count). The van der Waals surface area contributed by atoms with Crippen molar-refractivity contribution in [3.05, 3.63) is 42.2 Å². The minimum atomic E-state index is -1.40. The largest absolute Gasteiger partial charge is 0.550 e. The summed E-state index contributed by atoms with van der Waals surface area (Å²) < 4.78 is 5.59. The molecule has 0 aliphatic heterocycles. The van der Waals surface area contributed by atoms with Gasteiger partial charge in [-0.2, -0.15) is 0 Å². The molecule has 0 unspecified atom stereocenters. The van der Waals surface area contributed by atoms with Crippen molar-refractivity contribution >= 4 is 14.4 Å². The first-order valence-corrected chi connectivity index (χ1v) is 7.88. The molecular formula is C11H16OSi. The smallest absolute Gasteiger partial charge is 0.241 e. The number of benzene rings is 1. The average Bonchev–Trinajstić information content (AvgIpc) is 2.04. The maximum Gasteiger partial charge on any atom is 0.241 e. The second kappa shape index (κ2) is 4.28. The molecule has 0 N–H and O–H groups in total. The maximum absolute atomic E-state index is 5.59. The van der Waals surface area contributed by atoms with Crippen LogP contribution in [-0.4, -0.2) is 8.32 Å². The van der Waals surface area contributed by atoms with E-state index in [1.54, 1.807) is 0 Å². The first kappa shape index (κ1) is 10.1. The first-order chi connectivity index (χ1) is 6.08. The van der Waals surface area contributed by atoms with Gasteiger partial charge in [0.2, 0.25) is 8.32 Å². The van der Waals surface area contributed by atoms with Crippen molar-refractivity contribution in [2.45, 2.75) is 19.6 Å². The molecule has 0 saturated carbocycles. The highest BCUT2D eigenvalue weighted by molar-refractivity contribution is 6.69. The summed E-state index contributed by atoms with van der Waals surface area (Å²) in [6, 6.07) is 10.2. The monoisotopic (exact) mass is 192 g/mol. The van der Waals surface area contributed by atoms with Crippen molar-refractivity contribution < 1.29 is 4.43 Å². The molecule has 0 aliphatic carbocycles. The van der Waals surface area contributed by atoms with E-state index in [0.717, 1.165) is 0 Å². The van der Waals surface area contributed by atoms with Crippen LogP contribution in [0, 0.1) is 0 Å². The topological polar surface area (TPSA) is 9.23 Å². The molecule has 1 aromatic carbocycles. The zero-order valence-corrected chi connectivity index (χ0v) is 9.45. The Morgan fingerprint density at radius 2 is 1.69 bits per heavy atom. The highest BCUT2D eigenvalue weighted by atomic mass is 28.4. The van der Waals surface area contributed by atoms with Crippen LogP contribution in [0.5, 0.6) is 0 Å². The molecule has 0 atom stereocenters. The van der Waals surface area contributed by atoms with Crippen LogP contribution in [0.25, 0.3) is 6.08 Å². The normalized spacial score (nSPS) is 11.9. The number of hydrogen-bond acceptors (Lipinski definition) is 1. The third-order valence-corrected chi connectivity index (χ3v) is 2.32. The second-order valence-corrected chi connectivity index (χ2v) is 8.40. The lowest BCUT2D eigenvalue weighted by Gasteiger charge is -2.14. The summed E-state index contributed by atoms with van der Waals surface area (Å²) in [7, 11) is -1.40. The zero-order chi connectivity index (χ0) is 9.73. The van der Waals surface area contributed by atoms with Crippen LogP contribution in [0.3, 0.4) is 0 Å². The van der Waals surface area contributed by atoms with Crippen LogP contribution in [0.1, 0.15) is 5.56 Å². The number of rotatable bonds is 3. The Morgan fingerprint density at radius 1 is 1.08 bits per heavy atom. The van der Waals surface area contributed by atoms with E-state index in [0.29, 0.717) is 0 Å². The van der Waals surface area contributed by atoms with E-state index in [2.05, 4.69) is 31.8 Å². The Hall–Kier alpha value is -1.02. The van der Waals surface area contributed by atoms with Crippen LogP contribution in [0.4, 0.5) is 0 Å². The fourth-order valence-electron chi connectivity index (χ4n) is 0.881. The molecule has 2 heteroatoms. The van der Waals surface area contributed by atoms with Crippen LogP contribution >= 0.6 is 0 Å². The lowest BCUT2D eigenvalue weighted by Crippen LogP contribution is -2.21. The van der Waals surface area contributed by atoms with Crippen molar-refractivity contribution in [1.82, 2.24) is 0 Å². The molecular weight excluding hydrogens is 176 g/mol. The summed E-state index contributed by atoms with van der Waals surface area (Å²) in [5, 5.41) is 0. The summed E-state index contributed by atoms with van der Waals surface area (Å²) >= 11 is 0. The molecule has 0 amide bonds. The predicted octanol–water partition coefficient (Wildman–Crippen LogP) is 3.51. The van der Waals surface area contributed by atoms with Crippen molar-refractivity contribution in [2.75, 3.05) is 0 Å². The van der Waals surface area contributed by atoms with Gasteiger partial charge in [-0.25, -0.2) is 0 Å². The summed E-state index contributed by atoms with van der Waals surface area (Å²) in [5.74, 6) is 0. The Balaban J connectivity index is 2.51. The van der Waals surface area contributed by atoms with Crippen molar-refractivity contribution in [2.24, 2.45) is 0 Å². The molecule has 0 fully saturated rings. The minimum absolute atomic E-state index is 1.18. The molecule has 0 saturated heterocycles. The highest BCUT2D eigenvalue weighted by Gasteiger charge is 2.12. The van der Waals surface area contributed by atoms with E-state index in [1.807, 2.05) is 30.5 Å². The Labute approximate surface area is 81.2 Å². The molecule has 0 heterocycles. The van der Waals surface area contributed by atoms with Gasteiger partial charge in [0.05, 0.1) is 6.26 Å². The summed E-state index contributed by atoms with van der Waals surface area (Å²) in [5.41, 5.74) is 1.18. The molecule has 1 nitrogen and oxygen atoms in total. The third-order valence-electron chi connectivity index (χ3n) is 1.48. The van der Waals surface area contributed by atoms with E-state index in [1.165, 1.54) is 5.56 Å². The standard InChI is InChI=1S/C11H16OSi/c1-13(2,3)12-10-9-11-7-5-4-6-8-11/h4-10H,1-3H3/b10-9+. The quantitative estimate of drug-likeness (QED) is 0.526. The van der Waals surface area contributed by atoms with Gasteiger partial charge in [-0.1, -0.05) is 30.3 Å². The summed E-state index contributed by atoms with van der Waals surface area (Å²) in [6.07, 6.45) is 3.81. The van der Waals surface area contributed by atoms with E-state index < -0.39 is 8.32 Å². The fourth-order valence-corrected chi connectivity index (χ4v) is 1.36. The van der Waals surface area contributed by atoms with E-state index in [9.17, 15) is 0 Å². The van der Waals surface area contributed by atoms with Crippen molar-refractivity contribution in [3.8, 4) is 0 Å². The molecule has 13 heavy (non-hydrogen) atoms. The van der Waals surface area contributed by atoms with Gasteiger partial charge in [0.15, 0.2) is 0 Å². The van der Waals surface area contributed by atoms with Crippen molar-refractivity contribution in [1.29, 1.82) is 0 Å². The van der Waals surface area contributed by atoms with E-state index >= 15 is 0 Å². The Bertz CT molecular complexity index is 272. The average molecular weight is 192 g/mol. The lowest BCUT2D eigenvalue weighted by atomic mass is 10.2. The van der Waals surface area contributed by atoms with Crippen LogP contribution < -0.4 is 0 Å². The third kappa shape index (κ3) is 4.53. The maximum atomic E-state index is 5.59. The number of hydrogen-bond donors (Lipinski definition) is 0. The molecule has 0 bridgehead atoms. The fraction of sp³-hybridized carbons (Fsp3) is 0.273. The first-order valence-electron chi connectivity index (χ1n) is 4.47. The molecule has 0 aromatic heterocycles. The van der Waals surface area contributed by atoms with Gasteiger partial charge in [0, 0.05) is 0 Å². The lowest BCUT2D eigenvalue weighted by molar-refractivity contribution is 0.483. The van der Waals surface area contributed by atoms with Gasteiger partial charge in [0.25, 0.3) is 0 Å². The molecule has 1 aromatic rings. The van der Waals surface area contributed by atoms with Gasteiger partial charge in [-0.05, 0) is 31.3 Å². The second-order valence-electron chi connectivity index (χ2n) is 3.94. The van der Waals surface area contributed by atoms with Gasteiger partial charge in [-0.3, -0.25) is 0 Å². The van der Waals surface area contributed by atoms with Gasteiger partial charge < -0.3 is 4.43 Å². The summed E-state index contributed by atoms with van der Waals surface area (Å²) in [4.78, 5) is 0. The SMILES string of the molecule is C[Si](C)(C)O/C=C/c1ccccc1. The van der Waals surface area contributed by atoms with Crippen LogP contribution in [-0.2, 0) is 4.43 Å². The molecule has 0 aliphatic rings. The molecule has 70 valence electrons. The Morgan fingerprint density at radius 3 is 2.23 bits per heavy atom. The van der Waals surface area contributed by atoms with E-state index in [-0.39, 0.29) is 0 Å². The van der Waals surface area contributed by atoms with Gasteiger partial charge in [-0.15, -0.1) is 0 Å². The molecule has 0 radical (unpaired) electrons. The van der Waals surface area contributed by atoms with E-state index in [4.69, 9.17) is 4.43 Å². The van der Waals surface area contributed by atoms with Crippen LogP contribution in [0.15, 0.2) is 36.6 Å². The van der Waals surface area contributed by atoms with Gasteiger partial charge in [0.1, 0.15) is 0 Å². The van der Waals surface area contributed by atoms with Gasteiger partial charge >= 0.3 is 0 Å². The minimum Gasteiger partial charge on any atom is -0.550 e. The molecule has 0 spiro atoms. The highest BCUT2D eigenvalue weighted by Crippen LogP contribution is 2.06. The predicted molar refractivity (Wildman–Crippen MR) is 59.9 cm³/mol. The Kier molecular flexibility index (Phi) is 3.31. The zero-order valence-electron chi connectivity index (χ0n) is 8.45. The summed E-state index contributed by atoms with van der Waals surface area (Å²) in [6.45, 7) is 6.51. The van der Waals surface area contributed by atoms with Crippen molar-refractivity contribution in [3.63, 3.8) is 0 Å². The van der Waals surface area contributed by atoms with Crippen LogP contribution in [0.2, 0.25) is 19.6 Å².